The van der Waals surface area contributed by atoms with Gasteiger partial charge in [0.25, 0.3) is 5.69 Å². The molecule has 1 N–H and O–H groups in total. The standard InChI is InChI=1S/C11H6F3N7O2/c12-11(13,14)6-4-15-20(5-6)9-2-1-7(21(22)23)3-8(9)10-16-18-19-17-10/h1-5H,(H,16,17,18,19). The molecule has 2 aromatic heterocycles. The van der Waals surface area contributed by atoms with Gasteiger partial charge in [-0.2, -0.15) is 18.3 Å². The van der Waals surface area contributed by atoms with Crippen molar-refractivity contribution in [3.63, 3.8) is 0 Å². The first-order chi connectivity index (χ1) is 10.9. The molecular weight excluding hydrogens is 319 g/mol. The molecule has 0 aliphatic rings. The van der Waals surface area contributed by atoms with E-state index in [1.165, 1.54) is 6.07 Å². The minimum atomic E-state index is -4.55. The van der Waals surface area contributed by atoms with Crippen LogP contribution >= 0.6 is 0 Å². The Kier molecular flexibility index (Phi) is 3.28. The van der Waals surface area contributed by atoms with Crippen LogP contribution in [0.5, 0.6) is 0 Å². The van der Waals surface area contributed by atoms with Crippen LogP contribution in [0.15, 0.2) is 30.6 Å². The van der Waals surface area contributed by atoms with Crippen LogP contribution in [0.4, 0.5) is 18.9 Å². The summed E-state index contributed by atoms with van der Waals surface area (Å²) >= 11 is 0. The number of hydrogen-bond donors (Lipinski definition) is 1. The molecule has 3 aromatic rings. The number of nitro benzene ring substituents is 1. The Morgan fingerprint density at radius 2 is 2.09 bits per heavy atom. The van der Waals surface area contributed by atoms with Gasteiger partial charge in [-0.25, -0.2) is 9.78 Å². The van der Waals surface area contributed by atoms with Crippen LogP contribution in [0, 0.1) is 10.1 Å². The molecule has 0 bridgehead atoms. The third kappa shape index (κ3) is 2.73. The minimum absolute atomic E-state index is 0.0627. The summed E-state index contributed by atoms with van der Waals surface area (Å²) in [5.41, 5.74) is -0.911. The molecule has 0 saturated heterocycles. The minimum Gasteiger partial charge on any atom is -0.258 e. The molecule has 3 rings (SSSR count). The molecule has 2 heterocycles. The van der Waals surface area contributed by atoms with Crippen LogP contribution in [0.1, 0.15) is 5.56 Å². The Morgan fingerprint density at radius 1 is 1.30 bits per heavy atom. The second-order valence-corrected chi connectivity index (χ2v) is 4.38. The quantitative estimate of drug-likeness (QED) is 0.581. The van der Waals surface area contributed by atoms with Crippen molar-refractivity contribution in [2.24, 2.45) is 0 Å². The van der Waals surface area contributed by atoms with Crippen molar-refractivity contribution in [1.29, 1.82) is 0 Å². The Labute approximate surface area is 124 Å². The molecule has 1 aromatic carbocycles. The molecule has 0 spiro atoms. The molecule has 0 fully saturated rings. The number of nitro groups is 1. The third-order valence-corrected chi connectivity index (χ3v) is 2.95. The average Bonchev–Trinajstić information content (AvgIpc) is 3.17. The van der Waals surface area contributed by atoms with Crippen LogP contribution in [-0.2, 0) is 6.18 Å². The largest absolute Gasteiger partial charge is 0.419 e. The Balaban J connectivity index is 2.15. The maximum Gasteiger partial charge on any atom is 0.419 e. The summed E-state index contributed by atoms with van der Waals surface area (Å²) in [6.45, 7) is 0. The summed E-state index contributed by atoms with van der Waals surface area (Å²) in [6.07, 6.45) is -3.12. The maximum absolute atomic E-state index is 12.7. The molecule has 23 heavy (non-hydrogen) atoms. The highest BCUT2D eigenvalue weighted by atomic mass is 19.4. The van der Waals surface area contributed by atoms with E-state index in [0.29, 0.717) is 6.20 Å². The highest BCUT2D eigenvalue weighted by molar-refractivity contribution is 5.70. The number of rotatable bonds is 3. The van der Waals surface area contributed by atoms with Crippen molar-refractivity contribution in [2.75, 3.05) is 0 Å². The number of halogens is 3. The second-order valence-electron chi connectivity index (χ2n) is 4.38. The van der Waals surface area contributed by atoms with Gasteiger partial charge in [0.15, 0.2) is 5.82 Å². The number of aromatic nitrogens is 6. The number of nitrogens with zero attached hydrogens (tertiary/aromatic N) is 6. The number of alkyl halides is 3. The third-order valence-electron chi connectivity index (χ3n) is 2.95. The van der Waals surface area contributed by atoms with Gasteiger partial charge in [-0.05, 0) is 16.5 Å². The lowest BCUT2D eigenvalue weighted by molar-refractivity contribution is -0.384. The Bertz CT molecular complexity index is 857. The Morgan fingerprint density at radius 3 is 2.65 bits per heavy atom. The number of aromatic amines is 1. The second kappa shape index (κ2) is 5.15. The lowest BCUT2D eigenvalue weighted by Gasteiger charge is -2.07. The van der Waals surface area contributed by atoms with E-state index in [2.05, 4.69) is 25.7 Å². The molecular formula is C11H6F3N7O2. The van der Waals surface area contributed by atoms with E-state index in [1.807, 2.05) is 0 Å². The van der Waals surface area contributed by atoms with Gasteiger partial charge in [-0.1, -0.05) is 0 Å². The first-order valence-electron chi connectivity index (χ1n) is 6.01. The van der Waals surface area contributed by atoms with Crippen molar-refractivity contribution < 1.29 is 18.1 Å². The van der Waals surface area contributed by atoms with E-state index < -0.39 is 16.7 Å². The number of H-pyrrole nitrogens is 1. The summed E-state index contributed by atoms with van der Waals surface area (Å²) in [5.74, 6) is 0.0627. The number of nitrogens with one attached hydrogen (secondary N) is 1. The normalized spacial score (nSPS) is 11.6. The predicted octanol–water partition coefficient (Wildman–Crippen LogP) is 1.98. The molecule has 0 unspecified atom stereocenters. The number of hydrogen-bond acceptors (Lipinski definition) is 6. The first-order valence-corrected chi connectivity index (χ1v) is 6.01. The molecule has 0 aliphatic heterocycles. The van der Waals surface area contributed by atoms with E-state index in [0.717, 1.165) is 23.0 Å². The van der Waals surface area contributed by atoms with E-state index in [9.17, 15) is 23.3 Å². The van der Waals surface area contributed by atoms with Crippen molar-refractivity contribution in [1.82, 2.24) is 30.4 Å². The molecule has 12 heteroatoms. The van der Waals surface area contributed by atoms with Gasteiger partial charge in [-0.3, -0.25) is 10.1 Å². The van der Waals surface area contributed by atoms with Gasteiger partial charge >= 0.3 is 6.18 Å². The number of benzene rings is 1. The van der Waals surface area contributed by atoms with E-state index in [4.69, 9.17) is 0 Å². The average molecular weight is 325 g/mol. The molecule has 0 saturated carbocycles. The fourth-order valence-electron chi connectivity index (χ4n) is 1.90. The number of tetrazole rings is 1. The zero-order chi connectivity index (χ0) is 16.6. The van der Waals surface area contributed by atoms with Crippen LogP contribution in [0.3, 0.4) is 0 Å². The predicted molar refractivity (Wildman–Crippen MR) is 68.4 cm³/mol. The van der Waals surface area contributed by atoms with Crippen molar-refractivity contribution >= 4 is 5.69 Å². The lowest BCUT2D eigenvalue weighted by atomic mass is 10.1. The summed E-state index contributed by atoms with van der Waals surface area (Å²) in [4.78, 5) is 10.2. The summed E-state index contributed by atoms with van der Waals surface area (Å²) in [5, 5.41) is 27.3. The Hall–Kier alpha value is -3.31. The summed E-state index contributed by atoms with van der Waals surface area (Å²) < 4.78 is 39.0. The lowest BCUT2D eigenvalue weighted by Crippen LogP contribution is -2.03. The summed E-state index contributed by atoms with van der Waals surface area (Å²) in [7, 11) is 0. The van der Waals surface area contributed by atoms with Gasteiger partial charge in [0.2, 0.25) is 0 Å². The SMILES string of the molecule is O=[N+]([O-])c1ccc(-n2cc(C(F)(F)F)cn2)c(-c2nnn[nH]2)c1. The smallest absolute Gasteiger partial charge is 0.258 e. The molecule has 0 aliphatic carbocycles. The molecule has 0 amide bonds. The van der Waals surface area contributed by atoms with Crippen molar-refractivity contribution in [3.05, 3.63) is 46.3 Å². The first kappa shape index (κ1) is 14.6. The highest BCUT2D eigenvalue weighted by Gasteiger charge is 2.32. The van der Waals surface area contributed by atoms with Gasteiger partial charge in [-0.15, -0.1) is 5.10 Å². The van der Waals surface area contributed by atoms with E-state index in [-0.39, 0.29) is 22.8 Å². The van der Waals surface area contributed by atoms with Crippen LogP contribution in [-0.4, -0.2) is 35.3 Å². The maximum atomic E-state index is 12.7. The topological polar surface area (TPSA) is 115 Å². The summed E-state index contributed by atoms with van der Waals surface area (Å²) in [6, 6.07) is 3.56. The fourth-order valence-corrected chi connectivity index (χ4v) is 1.90. The molecule has 118 valence electrons. The van der Waals surface area contributed by atoms with Gasteiger partial charge in [0.05, 0.1) is 27.9 Å². The zero-order valence-corrected chi connectivity index (χ0v) is 11.0. The molecule has 0 atom stereocenters. The number of non-ortho nitro benzene ring substituents is 1. The van der Waals surface area contributed by atoms with Crippen molar-refractivity contribution in [2.45, 2.75) is 6.18 Å². The molecule has 0 radical (unpaired) electrons. The van der Waals surface area contributed by atoms with E-state index in [1.54, 1.807) is 0 Å². The van der Waals surface area contributed by atoms with Gasteiger partial charge < -0.3 is 0 Å². The van der Waals surface area contributed by atoms with Crippen molar-refractivity contribution in [3.8, 4) is 17.1 Å². The zero-order valence-electron chi connectivity index (χ0n) is 11.0. The monoisotopic (exact) mass is 325 g/mol. The van der Waals surface area contributed by atoms with Gasteiger partial charge in [0, 0.05) is 18.3 Å². The van der Waals surface area contributed by atoms with E-state index >= 15 is 0 Å². The van der Waals surface area contributed by atoms with Crippen LogP contribution in [0.2, 0.25) is 0 Å². The van der Waals surface area contributed by atoms with Crippen LogP contribution < -0.4 is 0 Å². The fraction of sp³-hybridized carbons (Fsp3) is 0.0909. The van der Waals surface area contributed by atoms with Gasteiger partial charge in [0.1, 0.15) is 0 Å². The molecule has 9 nitrogen and oxygen atoms in total. The van der Waals surface area contributed by atoms with Crippen LogP contribution in [0.25, 0.3) is 17.1 Å². The highest BCUT2D eigenvalue weighted by Crippen LogP contribution is 2.32.